The molecule has 88 valence electrons. The Hall–Kier alpha value is -1.83. The van der Waals surface area contributed by atoms with Crippen molar-refractivity contribution in [3.8, 4) is 5.75 Å². The maximum absolute atomic E-state index is 13.1. The van der Waals surface area contributed by atoms with Crippen LogP contribution in [0.15, 0.2) is 42.5 Å². The monoisotopic (exact) mass is 230 g/mol. The minimum atomic E-state index is -0.224. The summed E-state index contributed by atoms with van der Waals surface area (Å²) in [7, 11) is 0. The lowest BCUT2D eigenvalue weighted by molar-refractivity contribution is 0.304. The van der Waals surface area contributed by atoms with Gasteiger partial charge in [0.2, 0.25) is 0 Å². The maximum atomic E-state index is 13.1. The summed E-state index contributed by atoms with van der Waals surface area (Å²) in [6, 6.07) is 12.6. The third kappa shape index (κ3) is 3.06. The van der Waals surface area contributed by atoms with Crippen LogP contribution in [0.4, 0.5) is 4.39 Å². The van der Waals surface area contributed by atoms with E-state index in [1.165, 1.54) is 17.7 Å². The molecule has 0 saturated heterocycles. The predicted molar refractivity (Wildman–Crippen MR) is 66.6 cm³/mol. The van der Waals surface area contributed by atoms with Crippen LogP contribution in [0, 0.1) is 19.7 Å². The Morgan fingerprint density at radius 2 is 1.71 bits per heavy atom. The first kappa shape index (κ1) is 11.6. The second-order valence-electron chi connectivity index (χ2n) is 4.17. The van der Waals surface area contributed by atoms with E-state index < -0.39 is 0 Å². The molecule has 2 aromatic carbocycles. The quantitative estimate of drug-likeness (QED) is 0.773. The number of rotatable bonds is 3. The zero-order valence-corrected chi connectivity index (χ0v) is 10.0. The summed E-state index contributed by atoms with van der Waals surface area (Å²) < 4.78 is 18.7. The lowest BCUT2D eigenvalue weighted by Gasteiger charge is -2.09. The molecule has 0 radical (unpaired) electrons. The number of aryl methyl sites for hydroxylation is 2. The first-order valence-corrected chi connectivity index (χ1v) is 5.59. The third-order valence-corrected chi connectivity index (χ3v) is 2.73. The molecule has 0 aromatic heterocycles. The van der Waals surface area contributed by atoms with Crippen LogP contribution < -0.4 is 4.74 Å². The van der Waals surface area contributed by atoms with Crippen LogP contribution in [0.5, 0.6) is 5.75 Å². The number of halogens is 1. The summed E-state index contributed by atoms with van der Waals surface area (Å²) in [5.74, 6) is 0.581. The van der Waals surface area contributed by atoms with Crippen molar-refractivity contribution in [3.63, 3.8) is 0 Å². The van der Waals surface area contributed by atoms with Gasteiger partial charge in [0.05, 0.1) is 0 Å². The second-order valence-corrected chi connectivity index (χ2v) is 4.17. The molecule has 0 fully saturated rings. The van der Waals surface area contributed by atoms with Crippen LogP contribution in [-0.2, 0) is 6.61 Å². The van der Waals surface area contributed by atoms with Gasteiger partial charge in [-0.2, -0.15) is 0 Å². The summed E-state index contributed by atoms with van der Waals surface area (Å²) in [5, 5.41) is 0. The van der Waals surface area contributed by atoms with E-state index in [-0.39, 0.29) is 5.82 Å². The molecule has 0 bridgehead atoms. The fourth-order valence-corrected chi connectivity index (χ4v) is 1.59. The normalized spacial score (nSPS) is 10.3. The molecule has 0 amide bonds. The van der Waals surface area contributed by atoms with Crippen LogP contribution in [0.3, 0.4) is 0 Å². The Kier molecular flexibility index (Phi) is 3.43. The standard InChI is InChI=1S/C15H15FO/c1-11-3-7-15(8-4-11)17-10-13-9-14(16)6-5-12(13)2/h3-9H,10H2,1-2H3. The Morgan fingerprint density at radius 3 is 2.41 bits per heavy atom. The van der Waals surface area contributed by atoms with E-state index in [1.54, 1.807) is 6.07 Å². The fraction of sp³-hybridized carbons (Fsp3) is 0.200. The van der Waals surface area contributed by atoms with Gasteiger partial charge in [-0.1, -0.05) is 23.8 Å². The van der Waals surface area contributed by atoms with Crippen molar-refractivity contribution in [3.05, 3.63) is 65.0 Å². The molecule has 2 rings (SSSR count). The van der Waals surface area contributed by atoms with Crippen molar-refractivity contribution in [2.75, 3.05) is 0 Å². The zero-order valence-electron chi connectivity index (χ0n) is 10.0. The molecule has 0 atom stereocenters. The zero-order chi connectivity index (χ0) is 12.3. The lowest BCUT2D eigenvalue weighted by Crippen LogP contribution is -1.98. The second kappa shape index (κ2) is 5.00. The topological polar surface area (TPSA) is 9.23 Å². The molecule has 2 aromatic rings. The van der Waals surface area contributed by atoms with Gasteiger partial charge >= 0.3 is 0 Å². The fourth-order valence-electron chi connectivity index (χ4n) is 1.59. The van der Waals surface area contributed by atoms with Crippen LogP contribution in [0.25, 0.3) is 0 Å². The van der Waals surface area contributed by atoms with E-state index in [9.17, 15) is 4.39 Å². The summed E-state index contributed by atoms with van der Waals surface area (Å²) in [6.45, 7) is 4.38. The van der Waals surface area contributed by atoms with Gasteiger partial charge in [-0.05, 0) is 49.2 Å². The molecular weight excluding hydrogens is 215 g/mol. The van der Waals surface area contributed by atoms with Crippen molar-refractivity contribution in [1.29, 1.82) is 0 Å². The highest BCUT2D eigenvalue weighted by atomic mass is 19.1. The van der Waals surface area contributed by atoms with Crippen molar-refractivity contribution >= 4 is 0 Å². The third-order valence-electron chi connectivity index (χ3n) is 2.73. The van der Waals surface area contributed by atoms with Gasteiger partial charge in [-0.15, -0.1) is 0 Å². The molecule has 17 heavy (non-hydrogen) atoms. The summed E-state index contributed by atoms with van der Waals surface area (Å²) in [4.78, 5) is 0. The van der Waals surface area contributed by atoms with Gasteiger partial charge in [0.1, 0.15) is 18.2 Å². The predicted octanol–water partition coefficient (Wildman–Crippen LogP) is 4.02. The molecular formula is C15H15FO. The molecule has 2 heteroatoms. The largest absolute Gasteiger partial charge is 0.489 e. The summed E-state index contributed by atoms with van der Waals surface area (Å²) >= 11 is 0. The lowest BCUT2D eigenvalue weighted by atomic mass is 10.1. The van der Waals surface area contributed by atoms with Gasteiger partial charge < -0.3 is 4.74 Å². The van der Waals surface area contributed by atoms with E-state index in [4.69, 9.17) is 4.74 Å². The molecule has 1 nitrogen and oxygen atoms in total. The first-order valence-electron chi connectivity index (χ1n) is 5.59. The van der Waals surface area contributed by atoms with E-state index >= 15 is 0 Å². The van der Waals surface area contributed by atoms with Gasteiger partial charge in [0, 0.05) is 0 Å². The highest BCUT2D eigenvalue weighted by Crippen LogP contribution is 2.16. The Labute approximate surface area is 101 Å². The van der Waals surface area contributed by atoms with Crippen LogP contribution in [0.1, 0.15) is 16.7 Å². The molecule has 0 saturated carbocycles. The van der Waals surface area contributed by atoms with Crippen molar-refractivity contribution in [2.24, 2.45) is 0 Å². The van der Waals surface area contributed by atoms with Crippen LogP contribution in [0.2, 0.25) is 0 Å². The van der Waals surface area contributed by atoms with Crippen molar-refractivity contribution in [2.45, 2.75) is 20.5 Å². The van der Waals surface area contributed by atoms with Crippen LogP contribution in [-0.4, -0.2) is 0 Å². The van der Waals surface area contributed by atoms with Crippen LogP contribution >= 0.6 is 0 Å². The number of ether oxygens (including phenoxy) is 1. The summed E-state index contributed by atoms with van der Waals surface area (Å²) in [6.07, 6.45) is 0. The van der Waals surface area contributed by atoms with E-state index in [2.05, 4.69) is 0 Å². The number of hydrogen-bond donors (Lipinski definition) is 0. The molecule has 0 unspecified atom stereocenters. The maximum Gasteiger partial charge on any atom is 0.123 e. The van der Waals surface area contributed by atoms with Gasteiger partial charge in [-0.3, -0.25) is 0 Å². The smallest absolute Gasteiger partial charge is 0.123 e. The van der Waals surface area contributed by atoms with E-state index in [0.29, 0.717) is 6.61 Å². The van der Waals surface area contributed by atoms with Gasteiger partial charge in [0.25, 0.3) is 0 Å². The average Bonchev–Trinajstić information content (AvgIpc) is 2.32. The van der Waals surface area contributed by atoms with E-state index in [0.717, 1.165) is 16.9 Å². The average molecular weight is 230 g/mol. The Bertz CT molecular complexity index is 503. The molecule has 0 N–H and O–H groups in total. The Balaban J connectivity index is 2.07. The van der Waals surface area contributed by atoms with Gasteiger partial charge in [-0.25, -0.2) is 4.39 Å². The highest BCUT2D eigenvalue weighted by molar-refractivity contribution is 5.29. The minimum absolute atomic E-state index is 0.224. The van der Waals surface area contributed by atoms with Crippen molar-refractivity contribution in [1.82, 2.24) is 0 Å². The molecule has 0 heterocycles. The molecule has 0 spiro atoms. The summed E-state index contributed by atoms with van der Waals surface area (Å²) in [5.41, 5.74) is 3.11. The first-order chi connectivity index (χ1) is 8.15. The molecule has 0 aliphatic carbocycles. The van der Waals surface area contributed by atoms with E-state index in [1.807, 2.05) is 38.1 Å². The van der Waals surface area contributed by atoms with Crippen molar-refractivity contribution < 1.29 is 9.13 Å². The molecule has 0 aliphatic heterocycles. The number of benzene rings is 2. The molecule has 0 aliphatic rings. The van der Waals surface area contributed by atoms with Gasteiger partial charge in [0.15, 0.2) is 0 Å². The highest BCUT2D eigenvalue weighted by Gasteiger charge is 2.01. The SMILES string of the molecule is Cc1ccc(OCc2cc(F)ccc2C)cc1. The number of hydrogen-bond acceptors (Lipinski definition) is 1. The minimum Gasteiger partial charge on any atom is -0.489 e. The Morgan fingerprint density at radius 1 is 1.00 bits per heavy atom.